The summed E-state index contributed by atoms with van der Waals surface area (Å²) in [7, 11) is 0. The zero-order chi connectivity index (χ0) is 20.7. The number of nitrogens with two attached hydrogens (primary N) is 1. The number of aromatic nitrogens is 4. The molecule has 0 fully saturated rings. The first kappa shape index (κ1) is 18.4. The molecule has 148 valence electrons. The minimum Gasteiger partial charge on any atom is -0.457 e. The molecule has 0 spiro atoms. The quantitative estimate of drug-likeness (QED) is 0.363. The zero-order valence-electron chi connectivity index (χ0n) is 15.6. The summed E-state index contributed by atoms with van der Waals surface area (Å²) >= 11 is 6.44. The number of rotatable bonds is 5. The summed E-state index contributed by atoms with van der Waals surface area (Å²) in [4.78, 5) is 28.3. The van der Waals surface area contributed by atoms with E-state index in [0.29, 0.717) is 55.5 Å². The summed E-state index contributed by atoms with van der Waals surface area (Å²) in [5.74, 6) is 1.63. The second-order valence-electron chi connectivity index (χ2n) is 6.72. The maximum Gasteiger partial charge on any atom is 0.196 e. The molecular weight excluding hydrogens is 402 g/mol. The Labute approximate surface area is 175 Å². The lowest BCUT2D eigenvalue weighted by atomic mass is 10.0. The van der Waals surface area contributed by atoms with Gasteiger partial charge in [0, 0.05) is 17.8 Å². The Balaban J connectivity index is 1.54. The highest BCUT2D eigenvalue weighted by molar-refractivity contribution is 6.36. The molecule has 5 aromatic rings. The molecule has 2 aromatic carbocycles. The molecule has 7 nitrogen and oxygen atoms in total. The first-order valence-corrected chi connectivity index (χ1v) is 9.63. The van der Waals surface area contributed by atoms with Gasteiger partial charge >= 0.3 is 0 Å². The van der Waals surface area contributed by atoms with Crippen molar-refractivity contribution in [3.05, 3.63) is 82.9 Å². The van der Waals surface area contributed by atoms with E-state index < -0.39 is 0 Å². The lowest BCUT2D eigenvalue weighted by molar-refractivity contribution is 0.104. The first-order valence-electron chi connectivity index (χ1n) is 9.26. The molecule has 0 atom stereocenters. The van der Waals surface area contributed by atoms with Crippen LogP contribution in [0, 0.1) is 0 Å². The third kappa shape index (κ3) is 3.10. The molecule has 5 rings (SSSR count). The van der Waals surface area contributed by atoms with Crippen molar-refractivity contribution in [3.63, 3.8) is 0 Å². The van der Waals surface area contributed by atoms with Crippen LogP contribution in [0.2, 0.25) is 5.02 Å². The maximum absolute atomic E-state index is 13.3. The van der Waals surface area contributed by atoms with Crippen molar-refractivity contribution >= 4 is 39.5 Å². The van der Waals surface area contributed by atoms with E-state index in [1.54, 1.807) is 30.6 Å². The molecule has 3 heterocycles. The van der Waals surface area contributed by atoms with Gasteiger partial charge in [-0.2, -0.15) is 0 Å². The second-order valence-corrected chi connectivity index (χ2v) is 7.13. The summed E-state index contributed by atoms with van der Waals surface area (Å²) in [6, 6.07) is 14.4. The van der Waals surface area contributed by atoms with Gasteiger partial charge in [0.25, 0.3) is 0 Å². The molecule has 4 N–H and O–H groups in total. The van der Waals surface area contributed by atoms with Crippen molar-refractivity contribution in [2.24, 2.45) is 5.73 Å². The smallest absolute Gasteiger partial charge is 0.196 e. The topological polar surface area (TPSA) is 110 Å². The number of nitrogens with zero attached hydrogens (tertiary/aromatic N) is 2. The Bertz CT molecular complexity index is 1390. The number of fused-ring (bicyclic) bond motifs is 3. The van der Waals surface area contributed by atoms with Gasteiger partial charge in [-0.1, -0.05) is 29.8 Å². The van der Waals surface area contributed by atoms with Crippen molar-refractivity contribution in [3.8, 4) is 11.5 Å². The molecule has 0 radical (unpaired) electrons. The largest absolute Gasteiger partial charge is 0.457 e. The molecule has 0 saturated heterocycles. The summed E-state index contributed by atoms with van der Waals surface area (Å²) < 4.78 is 5.79. The number of carbonyl (C=O) groups is 1. The third-order valence-corrected chi connectivity index (χ3v) is 5.11. The van der Waals surface area contributed by atoms with Crippen LogP contribution < -0.4 is 10.5 Å². The van der Waals surface area contributed by atoms with Gasteiger partial charge in [0.15, 0.2) is 5.78 Å². The van der Waals surface area contributed by atoms with E-state index in [2.05, 4.69) is 19.9 Å². The van der Waals surface area contributed by atoms with Crippen LogP contribution in [0.15, 0.2) is 60.9 Å². The Hall–Kier alpha value is -3.68. The highest BCUT2D eigenvalue weighted by Crippen LogP contribution is 2.31. The fourth-order valence-electron chi connectivity index (χ4n) is 3.39. The van der Waals surface area contributed by atoms with Crippen LogP contribution in [-0.2, 0) is 6.54 Å². The molecule has 30 heavy (non-hydrogen) atoms. The molecule has 0 unspecified atom stereocenters. The van der Waals surface area contributed by atoms with Crippen molar-refractivity contribution in [1.82, 2.24) is 19.9 Å². The number of ether oxygens (including phenoxy) is 1. The van der Waals surface area contributed by atoms with Gasteiger partial charge in [-0.25, -0.2) is 9.97 Å². The number of carbonyl (C=O) groups excluding carboxylic acids is 1. The van der Waals surface area contributed by atoms with E-state index in [9.17, 15) is 4.79 Å². The lowest BCUT2D eigenvalue weighted by Gasteiger charge is -2.08. The molecule has 0 aliphatic heterocycles. The molecule has 8 heteroatoms. The first-order chi connectivity index (χ1) is 14.6. The van der Waals surface area contributed by atoms with E-state index in [0.717, 1.165) is 0 Å². The van der Waals surface area contributed by atoms with Gasteiger partial charge in [0.2, 0.25) is 0 Å². The SMILES string of the molecule is NCc1nc2c(cnc3[nH]cc(C(=O)c4ccc(Oc5ccccc5)cc4Cl)c32)[nH]1. The minimum absolute atomic E-state index is 0.232. The Morgan fingerprint density at radius 2 is 1.93 bits per heavy atom. The fraction of sp³-hybridized carbons (Fsp3) is 0.0455. The number of imidazole rings is 1. The number of ketones is 1. The summed E-state index contributed by atoms with van der Waals surface area (Å²) in [6.07, 6.45) is 3.29. The van der Waals surface area contributed by atoms with Crippen molar-refractivity contribution in [2.75, 3.05) is 0 Å². The lowest BCUT2D eigenvalue weighted by Crippen LogP contribution is -2.02. The molecule has 0 amide bonds. The highest BCUT2D eigenvalue weighted by Gasteiger charge is 2.21. The van der Waals surface area contributed by atoms with Crippen LogP contribution in [0.5, 0.6) is 11.5 Å². The summed E-state index contributed by atoms with van der Waals surface area (Å²) in [5, 5.41) is 0.932. The third-order valence-electron chi connectivity index (χ3n) is 4.80. The van der Waals surface area contributed by atoms with Gasteiger partial charge in [-0.05, 0) is 24.3 Å². The number of hydrogen-bond donors (Lipinski definition) is 3. The number of para-hydroxylation sites is 1. The monoisotopic (exact) mass is 417 g/mol. The van der Waals surface area contributed by atoms with Crippen molar-refractivity contribution in [2.45, 2.75) is 6.54 Å². The van der Waals surface area contributed by atoms with Crippen LogP contribution in [0.25, 0.3) is 22.1 Å². The molecule has 0 aliphatic carbocycles. The van der Waals surface area contributed by atoms with Crippen LogP contribution in [-0.4, -0.2) is 25.7 Å². The van der Waals surface area contributed by atoms with Gasteiger partial charge in [-0.3, -0.25) is 4.79 Å². The fourth-order valence-corrected chi connectivity index (χ4v) is 3.65. The summed E-state index contributed by atoms with van der Waals surface area (Å²) in [5.41, 5.74) is 8.43. The van der Waals surface area contributed by atoms with Crippen molar-refractivity contribution < 1.29 is 9.53 Å². The highest BCUT2D eigenvalue weighted by atomic mass is 35.5. The Morgan fingerprint density at radius 3 is 2.70 bits per heavy atom. The Morgan fingerprint density at radius 1 is 1.10 bits per heavy atom. The number of halogens is 1. The minimum atomic E-state index is -0.232. The summed E-state index contributed by atoms with van der Waals surface area (Å²) in [6.45, 7) is 0.262. The standard InChI is InChI=1S/C22H16ClN5O2/c23-16-8-13(30-12-4-2-1-3-5-12)6-7-14(16)21(29)15-10-25-22-19(15)20-17(11-26-22)27-18(9-24)28-20/h1-8,10-11H,9,24H2,(H,25,26)(H,27,28). The number of hydrogen-bond acceptors (Lipinski definition) is 5. The maximum atomic E-state index is 13.3. The average Bonchev–Trinajstić information content (AvgIpc) is 3.37. The van der Waals surface area contributed by atoms with Gasteiger partial charge in [0.1, 0.15) is 28.5 Å². The predicted molar refractivity (Wildman–Crippen MR) is 115 cm³/mol. The van der Waals surface area contributed by atoms with Crippen LogP contribution in [0.4, 0.5) is 0 Å². The normalized spacial score (nSPS) is 11.3. The number of benzene rings is 2. The molecular formula is C22H16ClN5O2. The van der Waals surface area contributed by atoms with E-state index in [4.69, 9.17) is 22.1 Å². The molecule has 0 saturated carbocycles. The number of nitrogens with one attached hydrogen (secondary N) is 2. The van der Waals surface area contributed by atoms with Crippen LogP contribution >= 0.6 is 11.6 Å². The molecule has 0 bridgehead atoms. The predicted octanol–water partition coefficient (Wildman–Crippen LogP) is 4.57. The van der Waals surface area contributed by atoms with E-state index in [-0.39, 0.29) is 12.3 Å². The number of pyridine rings is 1. The van der Waals surface area contributed by atoms with E-state index in [1.165, 1.54) is 0 Å². The van der Waals surface area contributed by atoms with Gasteiger partial charge in [-0.15, -0.1) is 0 Å². The average molecular weight is 418 g/mol. The van der Waals surface area contributed by atoms with E-state index >= 15 is 0 Å². The van der Waals surface area contributed by atoms with Crippen LogP contribution in [0.3, 0.4) is 0 Å². The van der Waals surface area contributed by atoms with Crippen LogP contribution in [0.1, 0.15) is 21.7 Å². The van der Waals surface area contributed by atoms with Gasteiger partial charge in [0.05, 0.1) is 34.2 Å². The van der Waals surface area contributed by atoms with Crippen molar-refractivity contribution in [1.29, 1.82) is 0 Å². The zero-order valence-corrected chi connectivity index (χ0v) is 16.4. The molecule has 0 aliphatic rings. The molecule has 3 aromatic heterocycles. The Kier molecular flexibility index (Phi) is 4.46. The number of H-pyrrole nitrogens is 2. The second kappa shape index (κ2) is 7.29. The number of aromatic amines is 2. The van der Waals surface area contributed by atoms with Gasteiger partial charge < -0.3 is 20.4 Å². The van der Waals surface area contributed by atoms with E-state index in [1.807, 2.05) is 30.3 Å².